The van der Waals surface area contributed by atoms with Crippen molar-refractivity contribution in [1.82, 2.24) is 4.90 Å². The van der Waals surface area contributed by atoms with Gasteiger partial charge in [0, 0.05) is 24.2 Å². The van der Waals surface area contributed by atoms with Crippen molar-refractivity contribution in [2.75, 3.05) is 0 Å². The summed E-state index contributed by atoms with van der Waals surface area (Å²) < 4.78 is 26.7. The van der Waals surface area contributed by atoms with Crippen molar-refractivity contribution in [3.8, 4) is 0 Å². The molecular formula is C16H17F2NO3. The average Bonchev–Trinajstić information content (AvgIpc) is 3.19. The van der Waals surface area contributed by atoms with E-state index in [1.807, 2.05) is 0 Å². The molecule has 1 N–H and O–H groups in total. The third-order valence-corrected chi connectivity index (χ3v) is 4.54. The first-order chi connectivity index (χ1) is 10.5. The number of rotatable bonds is 5. The number of carboxylic acid groups (broad SMARTS) is 1. The Morgan fingerprint density at radius 1 is 1.14 bits per heavy atom. The lowest BCUT2D eigenvalue weighted by Crippen LogP contribution is -2.46. The van der Waals surface area contributed by atoms with Crippen LogP contribution in [0.15, 0.2) is 18.2 Å². The van der Waals surface area contributed by atoms with E-state index in [0.717, 1.165) is 25.0 Å². The third kappa shape index (κ3) is 2.82. The van der Waals surface area contributed by atoms with Gasteiger partial charge in [0.2, 0.25) is 5.91 Å². The quantitative estimate of drug-likeness (QED) is 0.909. The number of hydrogen-bond acceptors (Lipinski definition) is 2. The second kappa shape index (κ2) is 5.66. The van der Waals surface area contributed by atoms with Gasteiger partial charge in [0.15, 0.2) is 0 Å². The summed E-state index contributed by atoms with van der Waals surface area (Å²) in [5, 5.41) is 9.08. The summed E-state index contributed by atoms with van der Waals surface area (Å²) >= 11 is 0. The zero-order chi connectivity index (χ0) is 15.9. The van der Waals surface area contributed by atoms with Gasteiger partial charge in [-0.1, -0.05) is 6.07 Å². The number of carbonyl (C=O) groups excluding carboxylic acids is 1. The molecule has 0 saturated heterocycles. The highest BCUT2D eigenvalue weighted by molar-refractivity contribution is 5.86. The molecule has 118 valence electrons. The van der Waals surface area contributed by atoms with Crippen LogP contribution in [0, 0.1) is 23.5 Å². The number of nitrogens with zero attached hydrogens (tertiary/aromatic N) is 1. The summed E-state index contributed by atoms with van der Waals surface area (Å²) in [5.74, 6) is -3.65. The SMILES string of the molecule is O=C(O)C1CCC1C(=O)N(Cc1ccc(F)cc1F)C1CC1. The van der Waals surface area contributed by atoms with Crippen LogP contribution in [0.4, 0.5) is 8.78 Å². The second-order valence-electron chi connectivity index (χ2n) is 6.06. The molecule has 2 fully saturated rings. The van der Waals surface area contributed by atoms with Crippen LogP contribution in [0.5, 0.6) is 0 Å². The van der Waals surface area contributed by atoms with Gasteiger partial charge < -0.3 is 10.0 Å². The molecular weight excluding hydrogens is 292 g/mol. The second-order valence-corrected chi connectivity index (χ2v) is 6.06. The molecule has 2 saturated carbocycles. The van der Waals surface area contributed by atoms with E-state index in [2.05, 4.69) is 0 Å². The van der Waals surface area contributed by atoms with Crippen LogP contribution in [0.1, 0.15) is 31.2 Å². The van der Waals surface area contributed by atoms with Gasteiger partial charge in [-0.2, -0.15) is 0 Å². The number of carbonyl (C=O) groups is 2. The maximum atomic E-state index is 13.8. The summed E-state index contributed by atoms with van der Waals surface area (Å²) in [4.78, 5) is 25.2. The van der Waals surface area contributed by atoms with Crippen LogP contribution in [0.2, 0.25) is 0 Å². The van der Waals surface area contributed by atoms with Gasteiger partial charge in [-0.25, -0.2) is 8.78 Å². The Hall–Kier alpha value is -1.98. The lowest BCUT2D eigenvalue weighted by molar-refractivity contribution is -0.157. The normalized spacial score (nSPS) is 23.7. The molecule has 1 aromatic carbocycles. The number of amides is 1. The highest BCUT2D eigenvalue weighted by atomic mass is 19.1. The lowest BCUT2D eigenvalue weighted by atomic mass is 9.73. The molecule has 1 aromatic rings. The van der Waals surface area contributed by atoms with E-state index in [9.17, 15) is 18.4 Å². The fourth-order valence-electron chi connectivity index (χ4n) is 2.91. The van der Waals surface area contributed by atoms with E-state index >= 15 is 0 Å². The summed E-state index contributed by atoms with van der Waals surface area (Å²) in [7, 11) is 0. The summed E-state index contributed by atoms with van der Waals surface area (Å²) in [6.07, 6.45) is 2.76. The Labute approximate surface area is 126 Å². The van der Waals surface area contributed by atoms with Crippen molar-refractivity contribution in [3.05, 3.63) is 35.4 Å². The Bertz CT molecular complexity index is 615. The van der Waals surface area contributed by atoms with E-state index in [1.165, 1.54) is 6.07 Å². The van der Waals surface area contributed by atoms with Crippen molar-refractivity contribution in [2.45, 2.75) is 38.3 Å². The molecule has 0 aromatic heterocycles. The van der Waals surface area contributed by atoms with E-state index < -0.39 is 29.4 Å². The largest absolute Gasteiger partial charge is 0.481 e. The zero-order valence-corrected chi connectivity index (χ0v) is 12.0. The van der Waals surface area contributed by atoms with Gasteiger partial charge in [0.1, 0.15) is 11.6 Å². The minimum atomic E-state index is -0.951. The van der Waals surface area contributed by atoms with Crippen molar-refractivity contribution in [1.29, 1.82) is 0 Å². The first kappa shape index (κ1) is 14.9. The fourth-order valence-corrected chi connectivity index (χ4v) is 2.91. The monoisotopic (exact) mass is 309 g/mol. The lowest BCUT2D eigenvalue weighted by Gasteiger charge is -2.36. The first-order valence-electron chi connectivity index (χ1n) is 7.44. The number of aliphatic carboxylic acids is 1. The standard InChI is InChI=1S/C16H17F2NO3/c17-10-2-1-9(14(18)7-10)8-19(11-3-4-11)15(20)12-5-6-13(12)16(21)22/h1-2,7,11-13H,3-6,8H2,(H,21,22). The number of carboxylic acids is 1. The average molecular weight is 309 g/mol. The molecule has 0 heterocycles. The van der Waals surface area contributed by atoms with E-state index in [4.69, 9.17) is 5.11 Å². The van der Waals surface area contributed by atoms with Gasteiger partial charge in [-0.3, -0.25) is 9.59 Å². The molecule has 4 nitrogen and oxygen atoms in total. The summed E-state index contributed by atoms with van der Waals surface area (Å²) in [5.41, 5.74) is 0.257. The highest BCUT2D eigenvalue weighted by Gasteiger charge is 2.45. The Morgan fingerprint density at radius 2 is 1.82 bits per heavy atom. The van der Waals surface area contributed by atoms with Crippen molar-refractivity contribution < 1.29 is 23.5 Å². The van der Waals surface area contributed by atoms with E-state index in [-0.39, 0.29) is 24.1 Å². The highest BCUT2D eigenvalue weighted by Crippen LogP contribution is 2.39. The third-order valence-electron chi connectivity index (χ3n) is 4.54. The topological polar surface area (TPSA) is 57.6 Å². The van der Waals surface area contributed by atoms with Crippen LogP contribution in [0.3, 0.4) is 0 Å². The molecule has 0 aliphatic heterocycles. The van der Waals surface area contributed by atoms with Crippen LogP contribution in [-0.2, 0) is 16.1 Å². The molecule has 3 rings (SSSR count). The number of halogens is 2. The van der Waals surface area contributed by atoms with Crippen molar-refractivity contribution in [2.24, 2.45) is 11.8 Å². The summed E-state index contributed by atoms with van der Waals surface area (Å²) in [6.45, 7) is 0.0679. The maximum absolute atomic E-state index is 13.8. The molecule has 2 atom stereocenters. The minimum absolute atomic E-state index is 0.0481. The summed E-state index contributed by atoms with van der Waals surface area (Å²) in [6, 6.07) is 3.35. The van der Waals surface area contributed by atoms with Gasteiger partial charge in [0.05, 0.1) is 11.8 Å². The first-order valence-corrected chi connectivity index (χ1v) is 7.44. The molecule has 2 aliphatic carbocycles. The molecule has 6 heteroatoms. The predicted molar refractivity (Wildman–Crippen MR) is 73.8 cm³/mol. The van der Waals surface area contributed by atoms with E-state index in [0.29, 0.717) is 12.8 Å². The van der Waals surface area contributed by atoms with Crippen LogP contribution >= 0.6 is 0 Å². The Morgan fingerprint density at radius 3 is 2.32 bits per heavy atom. The molecule has 0 bridgehead atoms. The van der Waals surface area contributed by atoms with Gasteiger partial charge >= 0.3 is 5.97 Å². The van der Waals surface area contributed by atoms with Gasteiger partial charge in [0.25, 0.3) is 0 Å². The molecule has 0 spiro atoms. The number of benzene rings is 1. The van der Waals surface area contributed by atoms with Crippen LogP contribution in [-0.4, -0.2) is 27.9 Å². The van der Waals surface area contributed by atoms with Gasteiger partial charge in [-0.05, 0) is 31.7 Å². The zero-order valence-electron chi connectivity index (χ0n) is 12.0. The molecule has 2 aliphatic rings. The Balaban J connectivity index is 1.76. The van der Waals surface area contributed by atoms with Crippen LogP contribution < -0.4 is 0 Å². The van der Waals surface area contributed by atoms with Crippen molar-refractivity contribution in [3.63, 3.8) is 0 Å². The minimum Gasteiger partial charge on any atom is -0.481 e. The fraction of sp³-hybridized carbons (Fsp3) is 0.500. The molecule has 22 heavy (non-hydrogen) atoms. The number of hydrogen-bond donors (Lipinski definition) is 1. The van der Waals surface area contributed by atoms with Crippen molar-refractivity contribution >= 4 is 11.9 Å². The Kier molecular flexibility index (Phi) is 3.85. The maximum Gasteiger partial charge on any atom is 0.307 e. The smallest absolute Gasteiger partial charge is 0.307 e. The molecule has 0 radical (unpaired) electrons. The molecule has 2 unspecified atom stereocenters. The molecule has 1 amide bonds. The van der Waals surface area contributed by atoms with Crippen LogP contribution in [0.25, 0.3) is 0 Å². The van der Waals surface area contributed by atoms with Gasteiger partial charge in [-0.15, -0.1) is 0 Å². The van der Waals surface area contributed by atoms with E-state index in [1.54, 1.807) is 4.90 Å². The predicted octanol–water partition coefficient (Wildman–Crippen LogP) is 2.57.